The van der Waals surface area contributed by atoms with Crippen molar-refractivity contribution in [1.82, 2.24) is 20.9 Å². The molecule has 3 N–H and O–H groups in total. The maximum Gasteiger partial charge on any atom is 0.317 e. The fourth-order valence-corrected chi connectivity index (χ4v) is 2.38. The van der Waals surface area contributed by atoms with E-state index in [1.807, 2.05) is 4.90 Å². The Morgan fingerprint density at radius 2 is 1.83 bits per heavy atom. The zero-order chi connectivity index (χ0) is 13.4. The number of hydrogen-bond donors (Lipinski definition) is 3. The molecule has 1 aliphatic rings. The Morgan fingerprint density at radius 3 is 2.22 bits per heavy atom. The summed E-state index contributed by atoms with van der Waals surface area (Å²) in [6.45, 7) is 12.7. The van der Waals surface area contributed by atoms with Crippen molar-refractivity contribution < 1.29 is 4.79 Å². The average molecular weight is 256 g/mol. The van der Waals surface area contributed by atoms with E-state index in [1.165, 1.54) is 0 Å². The molecule has 0 unspecified atom stereocenters. The predicted molar refractivity (Wildman–Crippen MR) is 74.8 cm³/mol. The molecule has 0 spiro atoms. The van der Waals surface area contributed by atoms with Crippen molar-refractivity contribution in [2.24, 2.45) is 5.41 Å². The third-order valence-electron chi connectivity index (χ3n) is 3.72. The van der Waals surface area contributed by atoms with Crippen LogP contribution in [0.1, 0.15) is 27.2 Å². The van der Waals surface area contributed by atoms with E-state index >= 15 is 0 Å². The monoisotopic (exact) mass is 256 g/mol. The Kier molecular flexibility index (Phi) is 6.43. The highest BCUT2D eigenvalue weighted by atomic mass is 16.2. The summed E-state index contributed by atoms with van der Waals surface area (Å²) >= 11 is 0. The van der Waals surface area contributed by atoms with E-state index in [-0.39, 0.29) is 11.4 Å². The molecule has 5 nitrogen and oxygen atoms in total. The van der Waals surface area contributed by atoms with Crippen LogP contribution in [0.5, 0.6) is 0 Å². The van der Waals surface area contributed by atoms with Gasteiger partial charge in [0.05, 0.1) is 0 Å². The fourth-order valence-electron chi connectivity index (χ4n) is 2.38. The molecule has 2 amide bonds. The highest BCUT2D eigenvalue weighted by Gasteiger charge is 2.33. The molecule has 0 aromatic carbocycles. The zero-order valence-corrected chi connectivity index (χ0v) is 12.0. The van der Waals surface area contributed by atoms with Crippen LogP contribution in [0.15, 0.2) is 0 Å². The normalized spacial score (nSPS) is 16.2. The molecule has 0 saturated carbocycles. The van der Waals surface area contributed by atoms with Crippen LogP contribution in [0.3, 0.4) is 0 Å². The van der Waals surface area contributed by atoms with Crippen molar-refractivity contribution in [1.29, 1.82) is 0 Å². The van der Waals surface area contributed by atoms with E-state index in [1.54, 1.807) is 0 Å². The second-order valence-corrected chi connectivity index (χ2v) is 5.07. The summed E-state index contributed by atoms with van der Waals surface area (Å²) in [7, 11) is 0. The van der Waals surface area contributed by atoms with Gasteiger partial charge < -0.3 is 20.9 Å². The van der Waals surface area contributed by atoms with E-state index in [2.05, 4.69) is 36.7 Å². The van der Waals surface area contributed by atoms with Gasteiger partial charge in [0.25, 0.3) is 0 Å². The standard InChI is InChI=1S/C13H28N4O/c1-4-13(9-14-5-2,10-15-6-3)11-17-8-7-16-12(17)18/h14-15H,4-11H2,1-3H3,(H,16,18). The first-order chi connectivity index (χ1) is 8.67. The van der Waals surface area contributed by atoms with E-state index in [0.717, 1.165) is 52.2 Å². The van der Waals surface area contributed by atoms with Crippen molar-refractivity contribution in [2.45, 2.75) is 27.2 Å². The largest absolute Gasteiger partial charge is 0.336 e. The highest BCUT2D eigenvalue weighted by Crippen LogP contribution is 2.23. The minimum absolute atomic E-state index is 0.0841. The lowest BCUT2D eigenvalue weighted by molar-refractivity contribution is 0.160. The van der Waals surface area contributed by atoms with Gasteiger partial charge in [-0.2, -0.15) is 0 Å². The van der Waals surface area contributed by atoms with E-state index in [0.29, 0.717) is 0 Å². The minimum Gasteiger partial charge on any atom is -0.336 e. The van der Waals surface area contributed by atoms with Gasteiger partial charge >= 0.3 is 6.03 Å². The van der Waals surface area contributed by atoms with Crippen molar-refractivity contribution in [3.8, 4) is 0 Å². The van der Waals surface area contributed by atoms with Crippen molar-refractivity contribution in [2.75, 3.05) is 45.8 Å². The molecule has 0 aliphatic carbocycles. The van der Waals surface area contributed by atoms with Crippen LogP contribution in [0, 0.1) is 5.41 Å². The molecule has 0 radical (unpaired) electrons. The topological polar surface area (TPSA) is 56.4 Å². The van der Waals surface area contributed by atoms with Gasteiger partial charge in [0.1, 0.15) is 0 Å². The molecular weight excluding hydrogens is 228 g/mol. The Balaban J connectivity index is 2.63. The predicted octanol–water partition coefficient (Wildman–Crippen LogP) is 0.627. The Morgan fingerprint density at radius 1 is 1.22 bits per heavy atom. The summed E-state index contributed by atoms with van der Waals surface area (Å²) < 4.78 is 0. The van der Waals surface area contributed by atoms with E-state index in [4.69, 9.17) is 0 Å². The van der Waals surface area contributed by atoms with Gasteiger partial charge in [-0.25, -0.2) is 4.79 Å². The number of carbonyl (C=O) groups excluding carboxylic acids is 1. The van der Waals surface area contributed by atoms with Gasteiger partial charge in [-0.3, -0.25) is 0 Å². The summed E-state index contributed by atoms with van der Waals surface area (Å²) in [6, 6.07) is 0.0841. The lowest BCUT2D eigenvalue weighted by Gasteiger charge is -2.36. The summed E-state index contributed by atoms with van der Waals surface area (Å²) in [5.74, 6) is 0. The van der Waals surface area contributed by atoms with Crippen molar-refractivity contribution >= 4 is 6.03 Å². The molecular formula is C13H28N4O. The lowest BCUT2D eigenvalue weighted by Crippen LogP contribution is -2.50. The third kappa shape index (κ3) is 4.14. The molecule has 0 aromatic heterocycles. The average Bonchev–Trinajstić information content (AvgIpc) is 2.78. The number of carbonyl (C=O) groups is 1. The summed E-state index contributed by atoms with van der Waals surface area (Å²) in [4.78, 5) is 13.6. The first-order valence-electron chi connectivity index (χ1n) is 7.11. The van der Waals surface area contributed by atoms with Crippen LogP contribution < -0.4 is 16.0 Å². The van der Waals surface area contributed by atoms with E-state index < -0.39 is 0 Å². The maximum atomic E-state index is 11.7. The quantitative estimate of drug-likeness (QED) is 0.567. The van der Waals surface area contributed by atoms with Crippen LogP contribution in [-0.4, -0.2) is 56.7 Å². The second-order valence-electron chi connectivity index (χ2n) is 5.07. The number of rotatable bonds is 9. The smallest absolute Gasteiger partial charge is 0.317 e. The Hall–Kier alpha value is -0.810. The van der Waals surface area contributed by atoms with Crippen molar-refractivity contribution in [3.05, 3.63) is 0 Å². The van der Waals surface area contributed by atoms with Crippen LogP contribution in [-0.2, 0) is 0 Å². The molecule has 1 rings (SSSR count). The van der Waals surface area contributed by atoms with Gasteiger partial charge in [0.2, 0.25) is 0 Å². The number of amides is 2. The van der Waals surface area contributed by atoms with E-state index in [9.17, 15) is 4.79 Å². The second kappa shape index (κ2) is 7.59. The number of urea groups is 1. The summed E-state index contributed by atoms with van der Waals surface area (Å²) in [6.07, 6.45) is 1.07. The molecule has 18 heavy (non-hydrogen) atoms. The molecule has 1 saturated heterocycles. The van der Waals surface area contributed by atoms with Crippen LogP contribution in [0.25, 0.3) is 0 Å². The van der Waals surface area contributed by atoms with Gasteiger partial charge in [0.15, 0.2) is 0 Å². The minimum atomic E-state index is 0.0841. The van der Waals surface area contributed by atoms with Crippen LogP contribution in [0.4, 0.5) is 4.79 Å². The third-order valence-corrected chi connectivity index (χ3v) is 3.72. The van der Waals surface area contributed by atoms with Crippen molar-refractivity contribution in [3.63, 3.8) is 0 Å². The van der Waals surface area contributed by atoms with Crippen LogP contribution in [0.2, 0.25) is 0 Å². The molecule has 0 bridgehead atoms. The molecule has 1 fully saturated rings. The Labute approximate surface area is 111 Å². The number of nitrogens with zero attached hydrogens (tertiary/aromatic N) is 1. The molecule has 0 aromatic rings. The zero-order valence-electron chi connectivity index (χ0n) is 12.0. The first-order valence-corrected chi connectivity index (χ1v) is 7.11. The lowest BCUT2D eigenvalue weighted by atomic mass is 9.84. The molecule has 5 heteroatoms. The molecule has 1 aliphatic heterocycles. The van der Waals surface area contributed by atoms with Gasteiger partial charge in [-0.15, -0.1) is 0 Å². The van der Waals surface area contributed by atoms with Gasteiger partial charge in [-0.1, -0.05) is 20.8 Å². The summed E-state index contributed by atoms with van der Waals surface area (Å²) in [5, 5.41) is 9.75. The first kappa shape index (κ1) is 15.2. The fraction of sp³-hybridized carbons (Fsp3) is 0.923. The molecule has 106 valence electrons. The molecule has 0 atom stereocenters. The number of hydrogen-bond acceptors (Lipinski definition) is 3. The van der Waals surface area contributed by atoms with Gasteiger partial charge in [0, 0.05) is 38.1 Å². The Bertz CT molecular complexity index is 249. The van der Waals surface area contributed by atoms with Crippen LogP contribution >= 0.6 is 0 Å². The highest BCUT2D eigenvalue weighted by molar-refractivity contribution is 5.76. The summed E-state index contributed by atoms with van der Waals surface area (Å²) in [5.41, 5.74) is 0.133. The number of nitrogens with one attached hydrogen (secondary N) is 3. The SMILES string of the molecule is CCNCC(CC)(CNCC)CN1CCNC1=O. The maximum absolute atomic E-state index is 11.7. The van der Waals surface area contributed by atoms with Gasteiger partial charge in [-0.05, 0) is 19.5 Å². The molecule has 1 heterocycles.